The number of ketones is 1. The molecule has 0 N–H and O–H groups in total. The van der Waals surface area contributed by atoms with Crippen LogP contribution in [0.2, 0.25) is 0 Å². The minimum absolute atomic E-state index is 0.0669. The van der Waals surface area contributed by atoms with Crippen molar-refractivity contribution >= 4 is 28.4 Å². The van der Waals surface area contributed by atoms with E-state index >= 15 is 0 Å². The van der Waals surface area contributed by atoms with Crippen LogP contribution in [-0.2, 0) is 4.79 Å². The SMILES string of the molecule is O=C(CSc1nc2ccccc2c(=O)n1C1CCCC1)C12CC3CC(CC(C3)C1)C2. The van der Waals surface area contributed by atoms with Crippen molar-refractivity contribution < 1.29 is 4.79 Å². The second kappa shape index (κ2) is 7.22. The molecule has 4 nitrogen and oxygen atoms in total. The first-order valence-corrected chi connectivity index (χ1v) is 12.8. The number of fused-ring (bicyclic) bond motifs is 1. The summed E-state index contributed by atoms with van der Waals surface area (Å²) < 4.78 is 1.92. The van der Waals surface area contributed by atoms with Crippen LogP contribution in [0.15, 0.2) is 34.2 Å². The summed E-state index contributed by atoms with van der Waals surface area (Å²) in [6, 6.07) is 7.87. The molecule has 0 aliphatic heterocycles. The van der Waals surface area contributed by atoms with Crippen LogP contribution >= 0.6 is 11.8 Å². The molecular weight excluding hydrogens is 392 g/mol. The van der Waals surface area contributed by atoms with Crippen molar-refractivity contribution in [3.63, 3.8) is 0 Å². The van der Waals surface area contributed by atoms with Gasteiger partial charge in [0.25, 0.3) is 5.56 Å². The second-order valence-corrected chi connectivity index (χ2v) is 11.4. The normalized spacial score (nSPS) is 32.9. The molecular formula is C25H30N2O2S. The molecule has 0 amide bonds. The highest BCUT2D eigenvalue weighted by Crippen LogP contribution is 2.60. The topological polar surface area (TPSA) is 52.0 Å². The molecule has 0 unspecified atom stereocenters. The van der Waals surface area contributed by atoms with Gasteiger partial charge < -0.3 is 0 Å². The average Bonchev–Trinajstić information content (AvgIpc) is 3.25. The van der Waals surface area contributed by atoms with E-state index in [1.807, 2.05) is 28.8 Å². The van der Waals surface area contributed by atoms with Gasteiger partial charge in [-0.15, -0.1) is 0 Å². The highest BCUT2D eigenvalue weighted by molar-refractivity contribution is 7.99. The first-order valence-electron chi connectivity index (χ1n) is 11.8. The molecule has 5 fully saturated rings. The fraction of sp³-hybridized carbons (Fsp3) is 0.640. The number of nitrogens with zero attached hydrogens (tertiary/aromatic N) is 2. The summed E-state index contributed by atoms with van der Waals surface area (Å²) in [7, 11) is 0. The van der Waals surface area contributed by atoms with E-state index in [0.717, 1.165) is 60.5 Å². The van der Waals surface area contributed by atoms with E-state index in [-0.39, 0.29) is 17.0 Å². The van der Waals surface area contributed by atoms with E-state index in [1.165, 1.54) is 43.9 Å². The Balaban J connectivity index is 1.30. The van der Waals surface area contributed by atoms with E-state index in [4.69, 9.17) is 4.98 Å². The summed E-state index contributed by atoms with van der Waals surface area (Å²) in [6.45, 7) is 0. The van der Waals surface area contributed by atoms with Gasteiger partial charge in [0.1, 0.15) is 5.78 Å². The average molecular weight is 423 g/mol. The summed E-state index contributed by atoms with van der Waals surface area (Å²) in [5, 5.41) is 1.45. The second-order valence-electron chi connectivity index (χ2n) is 10.4. The molecule has 0 saturated heterocycles. The summed E-state index contributed by atoms with van der Waals surface area (Å²) in [6.07, 6.45) is 11.8. The lowest BCUT2D eigenvalue weighted by atomic mass is 9.48. The van der Waals surface area contributed by atoms with Gasteiger partial charge >= 0.3 is 0 Å². The van der Waals surface area contributed by atoms with Crippen LogP contribution in [0.4, 0.5) is 0 Å². The number of thioether (sulfide) groups is 1. The summed E-state index contributed by atoms with van der Waals surface area (Å²) >= 11 is 1.52. The number of carbonyl (C=O) groups is 1. The van der Waals surface area contributed by atoms with Gasteiger partial charge in [-0.05, 0) is 81.3 Å². The van der Waals surface area contributed by atoms with E-state index < -0.39 is 0 Å². The van der Waals surface area contributed by atoms with Crippen molar-refractivity contribution in [2.24, 2.45) is 23.2 Å². The Morgan fingerprint density at radius 2 is 1.67 bits per heavy atom. The van der Waals surface area contributed by atoms with Crippen LogP contribution in [-0.4, -0.2) is 21.1 Å². The van der Waals surface area contributed by atoms with Gasteiger partial charge in [-0.1, -0.05) is 36.7 Å². The molecule has 1 heterocycles. The third kappa shape index (κ3) is 3.07. The Kier molecular flexibility index (Phi) is 4.59. The van der Waals surface area contributed by atoms with Crippen LogP contribution in [0.25, 0.3) is 10.9 Å². The van der Waals surface area contributed by atoms with Crippen molar-refractivity contribution in [1.29, 1.82) is 0 Å². The smallest absolute Gasteiger partial charge is 0.262 e. The molecule has 2 aromatic rings. The van der Waals surface area contributed by atoms with Gasteiger partial charge in [0.05, 0.1) is 16.7 Å². The molecule has 0 spiro atoms. The minimum Gasteiger partial charge on any atom is -0.298 e. The van der Waals surface area contributed by atoms with E-state index in [1.54, 1.807) is 0 Å². The monoisotopic (exact) mass is 422 g/mol. The Morgan fingerprint density at radius 3 is 2.33 bits per heavy atom. The predicted molar refractivity (Wildman–Crippen MR) is 120 cm³/mol. The molecule has 7 rings (SSSR count). The van der Waals surface area contributed by atoms with Crippen LogP contribution in [0.5, 0.6) is 0 Å². The summed E-state index contributed by atoms with van der Waals surface area (Å²) in [5.41, 5.74) is 0.746. The Bertz CT molecular complexity index is 1020. The van der Waals surface area contributed by atoms with Gasteiger partial charge in [-0.2, -0.15) is 0 Å². The van der Waals surface area contributed by atoms with Gasteiger partial charge in [0, 0.05) is 11.5 Å². The van der Waals surface area contributed by atoms with Crippen LogP contribution < -0.4 is 5.56 Å². The molecule has 1 aromatic carbocycles. The predicted octanol–water partition coefficient (Wildman–Crippen LogP) is 5.39. The highest BCUT2D eigenvalue weighted by atomic mass is 32.2. The molecule has 158 valence electrons. The molecule has 0 atom stereocenters. The Hall–Kier alpha value is -1.62. The first kappa shape index (κ1) is 19.1. The number of hydrogen-bond donors (Lipinski definition) is 0. The Morgan fingerprint density at radius 1 is 1.03 bits per heavy atom. The Labute approximate surface area is 181 Å². The molecule has 30 heavy (non-hydrogen) atoms. The van der Waals surface area contributed by atoms with Crippen molar-refractivity contribution in [2.75, 3.05) is 5.75 Å². The lowest BCUT2D eigenvalue weighted by Gasteiger charge is -2.56. The van der Waals surface area contributed by atoms with E-state index in [9.17, 15) is 9.59 Å². The van der Waals surface area contributed by atoms with Gasteiger partial charge in [0.15, 0.2) is 5.16 Å². The number of hydrogen-bond acceptors (Lipinski definition) is 4. The minimum atomic E-state index is -0.0723. The largest absolute Gasteiger partial charge is 0.298 e. The maximum absolute atomic E-state index is 13.5. The maximum atomic E-state index is 13.5. The molecule has 1 aromatic heterocycles. The highest BCUT2D eigenvalue weighted by Gasteiger charge is 2.54. The lowest BCUT2D eigenvalue weighted by molar-refractivity contribution is -0.141. The fourth-order valence-electron chi connectivity index (χ4n) is 7.45. The van der Waals surface area contributed by atoms with Crippen LogP contribution in [0.3, 0.4) is 0 Å². The number of para-hydroxylation sites is 1. The standard InChI is InChI=1S/C25H30N2O2S/c28-22(25-12-16-9-17(13-25)11-18(10-16)14-25)15-30-24-26-21-8-4-3-7-20(21)23(29)27(24)19-5-1-2-6-19/h3-4,7-8,16-19H,1-2,5-6,9-15H2. The maximum Gasteiger partial charge on any atom is 0.262 e. The van der Waals surface area contributed by atoms with Crippen molar-refractivity contribution in [1.82, 2.24) is 9.55 Å². The lowest BCUT2D eigenvalue weighted by Crippen LogP contribution is -2.50. The first-order chi connectivity index (χ1) is 14.6. The third-order valence-corrected chi connectivity index (χ3v) is 9.38. The number of aromatic nitrogens is 2. The summed E-state index contributed by atoms with van der Waals surface area (Å²) in [4.78, 5) is 31.7. The van der Waals surface area contributed by atoms with Gasteiger partial charge in [-0.3, -0.25) is 14.2 Å². The quantitative estimate of drug-likeness (QED) is 0.479. The van der Waals surface area contributed by atoms with E-state index in [0.29, 0.717) is 16.9 Å². The zero-order valence-corrected chi connectivity index (χ0v) is 18.3. The van der Waals surface area contributed by atoms with Crippen molar-refractivity contribution in [3.05, 3.63) is 34.6 Å². The molecule has 5 heteroatoms. The fourth-order valence-corrected chi connectivity index (χ4v) is 8.55. The molecule has 5 saturated carbocycles. The molecule has 4 bridgehead atoms. The zero-order valence-electron chi connectivity index (χ0n) is 17.5. The van der Waals surface area contributed by atoms with E-state index in [2.05, 4.69) is 0 Å². The van der Waals surface area contributed by atoms with Crippen LogP contribution in [0, 0.1) is 23.2 Å². The number of rotatable bonds is 5. The van der Waals surface area contributed by atoms with Crippen LogP contribution in [0.1, 0.15) is 70.3 Å². The third-order valence-electron chi connectivity index (χ3n) is 8.43. The van der Waals surface area contributed by atoms with Gasteiger partial charge in [-0.25, -0.2) is 4.98 Å². The number of benzene rings is 1. The van der Waals surface area contributed by atoms with Crippen molar-refractivity contribution in [3.8, 4) is 0 Å². The zero-order chi connectivity index (χ0) is 20.3. The summed E-state index contributed by atoms with van der Waals surface area (Å²) in [5.74, 6) is 3.22. The molecule has 0 radical (unpaired) electrons. The molecule has 5 aliphatic carbocycles. The van der Waals surface area contributed by atoms with Gasteiger partial charge in [0.2, 0.25) is 0 Å². The number of carbonyl (C=O) groups excluding carboxylic acids is 1. The number of Topliss-reactive ketones (excluding diaryl/α,β-unsaturated/α-hetero) is 1. The molecule has 5 aliphatic rings. The van der Waals surface area contributed by atoms with Crippen molar-refractivity contribution in [2.45, 2.75) is 75.4 Å².